The first-order valence-corrected chi connectivity index (χ1v) is 35.0. The van der Waals surface area contributed by atoms with Crippen LogP contribution in [-0.2, 0) is 0 Å². The van der Waals surface area contributed by atoms with Gasteiger partial charge in [0.05, 0.1) is 33.0 Å². The molecule has 11 heteroatoms. The summed E-state index contributed by atoms with van der Waals surface area (Å²) in [5, 5.41) is 5.65. The number of nitrogens with two attached hydrogens (primary N) is 1. The van der Waals surface area contributed by atoms with E-state index in [1.54, 1.807) is 6.07 Å². The van der Waals surface area contributed by atoms with E-state index < -0.39 is 0 Å². The molecule has 0 spiro atoms. The number of rotatable bonds is 53. The molecule has 3 aromatic carbocycles. The van der Waals surface area contributed by atoms with Crippen LogP contribution in [0.3, 0.4) is 0 Å². The summed E-state index contributed by atoms with van der Waals surface area (Å²) in [5.74, 6) is 4.88. The zero-order chi connectivity index (χ0) is 61.3. The van der Waals surface area contributed by atoms with Gasteiger partial charge in [-0.15, -0.1) is 0 Å². The average molecular weight is 1190 g/mol. The molecule has 4 rings (SSSR count). The van der Waals surface area contributed by atoms with Crippen LogP contribution in [-0.4, -0.2) is 55.6 Å². The zero-order valence-corrected chi connectivity index (χ0v) is 55.1. The number of hydrogen-bond acceptors (Lipinski definition) is 9. The summed E-state index contributed by atoms with van der Waals surface area (Å²) >= 11 is 0. The number of unbranched alkanes of at least 4 members (excludes halogenated alkanes) is 30. The van der Waals surface area contributed by atoms with E-state index in [2.05, 4.69) is 111 Å². The third kappa shape index (κ3) is 32.3. The Kier molecular flexibility index (Phi) is 40.9. The molecular formula is C75H119N5O6. The molecule has 1 heterocycles. The second-order valence-electron chi connectivity index (χ2n) is 23.8. The summed E-state index contributed by atoms with van der Waals surface area (Å²) in [4.78, 5) is 21.6. The maximum Gasteiger partial charge on any atom is 0.320 e. The summed E-state index contributed by atoms with van der Waals surface area (Å²) in [6.45, 7) is 17.0. The lowest BCUT2D eigenvalue weighted by Gasteiger charge is -2.19. The van der Waals surface area contributed by atoms with Crippen LogP contribution >= 0.6 is 0 Å². The van der Waals surface area contributed by atoms with Gasteiger partial charge in [0, 0.05) is 29.3 Å². The van der Waals surface area contributed by atoms with Crippen LogP contribution in [0.2, 0.25) is 0 Å². The van der Waals surface area contributed by atoms with Crippen LogP contribution in [0, 0.1) is 0 Å². The van der Waals surface area contributed by atoms with Gasteiger partial charge in [-0.25, -0.2) is 14.8 Å². The van der Waals surface area contributed by atoms with E-state index in [1.165, 1.54) is 154 Å². The third-order valence-electron chi connectivity index (χ3n) is 15.8. The van der Waals surface area contributed by atoms with Gasteiger partial charge in [-0.3, -0.25) is 5.32 Å². The maximum absolute atomic E-state index is 12.5. The molecule has 0 saturated carbocycles. The van der Waals surface area contributed by atoms with Crippen LogP contribution < -0.4 is 40.1 Å². The fraction of sp³-hybridized carbons (Fsp3) is 0.640. The Hall–Kier alpha value is -5.71. The van der Waals surface area contributed by atoms with Crippen molar-refractivity contribution in [2.45, 2.75) is 273 Å². The zero-order valence-electron chi connectivity index (χ0n) is 55.1. The molecule has 1 aromatic heterocycles. The number of benzene rings is 3. The summed E-state index contributed by atoms with van der Waals surface area (Å²) in [5.41, 5.74) is 10.8. The molecule has 11 nitrogen and oxygen atoms in total. The number of amides is 2. The number of nitrogens with one attached hydrogen (secondary N) is 2. The van der Waals surface area contributed by atoms with E-state index in [9.17, 15) is 4.79 Å². The molecule has 2 amide bonds. The summed E-state index contributed by atoms with van der Waals surface area (Å²) in [7, 11) is 0. The van der Waals surface area contributed by atoms with Gasteiger partial charge >= 0.3 is 6.03 Å². The summed E-state index contributed by atoms with van der Waals surface area (Å²) in [6, 6.07) is 17.7. The highest BCUT2D eigenvalue weighted by atomic mass is 16.5. The Labute approximate surface area is 523 Å². The van der Waals surface area contributed by atoms with Crippen molar-refractivity contribution in [2.24, 2.45) is 0 Å². The third-order valence-corrected chi connectivity index (χ3v) is 15.8. The number of nitrogen functional groups attached to an aromatic ring is 1. The van der Waals surface area contributed by atoms with Gasteiger partial charge in [-0.05, 0) is 73.9 Å². The molecule has 480 valence electrons. The first-order chi connectivity index (χ1) is 42.3. The standard InChI is InChI=1S/C75H119N5O6/c1-7-13-19-22-25-28-31-34-37-40-54-84-69-57-63(58-70(85-55-41-38-35-32-29-26-23-20-14-8-2)73(69)86-56-42-39-36-33-30-27-24-21-15-9-3)46-50-66-60-67(82-52-17-11-5)65(59-68(66)83-53-18-12-6)49-45-62-43-47-64(48-44-62)74-78-71(76)61-72(79-74)80-75(81)77-51-16-10-4/h43-50,57-61H,7-42,51-56H2,1-6H3,(H4,76,77,78,79,80,81)/b49-45+,50-46+. The van der Waals surface area contributed by atoms with Crippen molar-refractivity contribution < 1.29 is 28.5 Å². The monoisotopic (exact) mass is 1190 g/mol. The largest absolute Gasteiger partial charge is 0.493 e. The molecule has 0 unspecified atom stereocenters. The van der Waals surface area contributed by atoms with Crippen molar-refractivity contribution in [2.75, 3.05) is 50.6 Å². The Morgan fingerprint density at radius 2 is 0.767 bits per heavy atom. The quantitative estimate of drug-likeness (QED) is 0.0291. The van der Waals surface area contributed by atoms with Crippen LogP contribution in [0.5, 0.6) is 28.7 Å². The van der Waals surface area contributed by atoms with Crippen molar-refractivity contribution in [1.29, 1.82) is 0 Å². The minimum atomic E-state index is -0.322. The molecule has 0 atom stereocenters. The topological polar surface area (TPSA) is 139 Å². The van der Waals surface area contributed by atoms with E-state index >= 15 is 0 Å². The van der Waals surface area contributed by atoms with Crippen molar-refractivity contribution >= 4 is 42.0 Å². The lowest BCUT2D eigenvalue weighted by atomic mass is 10.0. The van der Waals surface area contributed by atoms with Gasteiger partial charge in [0.1, 0.15) is 23.1 Å². The van der Waals surface area contributed by atoms with Gasteiger partial charge < -0.3 is 34.7 Å². The Balaban J connectivity index is 1.63. The number of hydrogen-bond donors (Lipinski definition) is 3. The molecule has 0 fully saturated rings. The summed E-state index contributed by atoms with van der Waals surface area (Å²) in [6.07, 6.45) is 52.6. The van der Waals surface area contributed by atoms with Crippen LogP contribution in [0.25, 0.3) is 35.7 Å². The normalized spacial score (nSPS) is 11.5. The van der Waals surface area contributed by atoms with E-state index in [0.717, 1.165) is 134 Å². The molecular weight excluding hydrogens is 1070 g/mol. The molecule has 0 aliphatic heterocycles. The van der Waals surface area contributed by atoms with Gasteiger partial charge in [0.2, 0.25) is 5.75 Å². The Bertz CT molecular complexity index is 2370. The number of carbonyl (C=O) groups is 1. The molecule has 0 saturated heterocycles. The molecule has 0 bridgehead atoms. The van der Waals surface area contributed by atoms with Crippen LogP contribution in [0.1, 0.15) is 295 Å². The SMILES string of the molecule is CCCCCCCCCCCCOc1cc(/C=C/c2cc(OCCCC)c(/C=C/c3ccc(-c4nc(N)cc(NC(=O)NCCCC)n4)cc3)cc2OCCCC)cc(OCCCCCCCCCCCC)c1OCCCCCCCCCCCC. The fourth-order valence-corrected chi connectivity index (χ4v) is 10.4. The number of aromatic nitrogens is 2. The number of nitrogens with zero attached hydrogens (tertiary/aromatic N) is 2. The smallest absolute Gasteiger partial charge is 0.320 e. The van der Waals surface area contributed by atoms with E-state index in [4.69, 9.17) is 29.4 Å². The molecule has 86 heavy (non-hydrogen) atoms. The minimum Gasteiger partial charge on any atom is -0.493 e. The molecule has 0 aliphatic rings. The van der Waals surface area contributed by atoms with Crippen molar-refractivity contribution in [3.8, 4) is 40.1 Å². The van der Waals surface area contributed by atoms with Crippen molar-refractivity contribution in [3.05, 3.63) is 76.9 Å². The average Bonchev–Trinajstić information content (AvgIpc) is 1.62. The lowest BCUT2D eigenvalue weighted by molar-refractivity contribution is 0.234. The van der Waals surface area contributed by atoms with Crippen molar-refractivity contribution in [3.63, 3.8) is 0 Å². The fourth-order valence-electron chi connectivity index (χ4n) is 10.4. The highest BCUT2D eigenvalue weighted by Crippen LogP contribution is 2.41. The first-order valence-electron chi connectivity index (χ1n) is 35.0. The van der Waals surface area contributed by atoms with Gasteiger partial charge in [0.25, 0.3) is 0 Å². The minimum absolute atomic E-state index is 0.272. The predicted octanol–water partition coefficient (Wildman–Crippen LogP) is 22.2. The second-order valence-corrected chi connectivity index (χ2v) is 23.8. The van der Waals surface area contributed by atoms with Gasteiger partial charge in [-0.2, -0.15) is 0 Å². The highest BCUT2D eigenvalue weighted by Gasteiger charge is 2.17. The van der Waals surface area contributed by atoms with Gasteiger partial charge in [0.15, 0.2) is 17.3 Å². The molecule has 4 aromatic rings. The highest BCUT2D eigenvalue weighted by molar-refractivity contribution is 5.89. The lowest BCUT2D eigenvalue weighted by Crippen LogP contribution is -2.29. The maximum atomic E-state index is 12.5. The number of urea groups is 1. The molecule has 0 radical (unpaired) electrons. The van der Waals surface area contributed by atoms with Gasteiger partial charge in [-0.1, -0.05) is 283 Å². The molecule has 0 aliphatic carbocycles. The van der Waals surface area contributed by atoms with E-state index in [1.807, 2.05) is 24.3 Å². The number of ether oxygens (including phenoxy) is 5. The predicted molar refractivity (Wildman–Crippen MR) is 367 cm³/mol. The van der Waals surface area contributed by atoms with Crippen LogP contribution in [0.4, 0.5) is 16.4 Å². The number of carbonyl (C=O) groups excluding carboxylic acids is 1. The number of anilines is 2. The van der Waals surface area contributed by atoms with Crippen LogP contribution in [0.15, 0.2) is 54.6 Å². The molecule has 4 N–H and O–H groups in total. The first kappa shape index (κ1) is 72.8. The van der Waals surface area contributed by atoms with Crippen molar-refractivity contribution in [1.82, 2.24) is 15.3 Å². The summed E-state index contributed by atoms with van der Waals surface area (Å²) < 4.78 is 33.6. The Morgan fingerprint density at radius 3 is 1.20 bits per heavy atom. The second kappa shape index (κ2) is 48.3. The van der Waals surface area contributed by atoms with E-state index in [-0.39, 0.29) is 11.8 Å². The Morgan fingerprint density at radius 1 is 0.395 bits per heavy atom. The van der Waals surface area contributed by atoms with E-state index in [0.29, 0.717) is 51.2 Å².